The van der Waals surface area contributed by atoms with E-state index in [0.717, 1.165) is 11.4 Å². The van der Waals surface area contributed by atoms with Crippen molar-refractivity contribution in [1.82, 2.24) is 0 Å². The first-order valence-electron chi connectivity index (χ1n) is 11.2. The highest BCUT2D eigenvalue weighted by atomic mass is 35.5. The van der Waals surface area contributed by atoms with E-state index in [4.69, 9.17) is 58.0 Å². The Bertz CT molecular complexity index is 1610. The number of hydrogen-bond donors (Lipinski definition) is 3. The van der Waals surface area contributed by atoms with E-state index in [1.165, 1.54) is 24.3 Å². The summed E-state index contributed by atoms with van der Waals surface area (Å²) in [5.41, 5.74) is -2.30. The molecule has 1 fully saturated rings. The Kier molecular flexibility index (Phi) is 8.88. The average molecular weight is 694 g/mol. The van der Waals surface area contributed by atoms with Gasteiger partial charge >= 0.3 is 12.1 Å². The predicted octanol–water partition coefficient (Wildman–Crippen LogP) is 8.34. The van der Waals surface area contributed by atoms with E-state index in [9.17, 15) is 40.7 Å². The van der Waals surface area contributed by atoms with Gasteiger partial charge in [-0.25, -0.2) is 13.2 Å². The Hall–Kier alpha value is -2.90. The van der Waals surface area contributed by atoms with Crippen molar-refractivity contribution in [3.05, 3.63) is 86.1 Å². The molecule has 0 saturated heterocycles. The van der Waals surface area contributed by atoms with E-state index < -0.39 is 68.9 Å². The van der Waals surface area contributed by atoms with Gasteiger partial charge in [-0.3, -0.25) is 14.4 Å². The molecule has 2 unspecified atom stereocenters. The van der Waals surface area contributed by atoms with Crippen LogP contribution in [0.3, 0.4) is 0 Å². The minimum Gasteiger partial charge on any atom is -0.326 e. The van der Waals surface area contributed by atoms with Crippen molar-refractivity contribution in [2.24, 2.45) is 5.92 Å². The number of anilines is 3. The van der Waals surface area contributed by atoms with Crippen molar-refractivity contribution >= 4 is 92.8 Å². The standard InChI is InChI=1S/C25H12Cl5F6N3O3/c26-11-2-1-9(37-22(41)17-16(24(17,29)30)8-5-12(27)18(32)13(28)6-8)7-10(11)21(40)38-15-4-3-14(31)20(19(15)33)39-23(42)25(34,35)36/h1-7,16-17H,(H,37,41)(H,38,40)(H,39,42). The smallest absolute Gasteiger partial charge is 0.326 e. The molecule has 3 N–H and O–H groups in total. The van der Waals surface area contributed by atoms with Crippen LogP contribution in [0.5, 0.6) is 0 Å². The van der Waals surface area contributed by atoms with Crippen molar-refractivity contribution in [3.8, 4) is 0 Å². The quantitative estimate of drug-likeness (QED) is 0.138. The summed E-state index contributed by atoms with van der Waals surface area (Å²) in [6.07, 6.45) is -5.44. The lowest BCUT2D eigenvalue weighted by atomic mass is 10.1. The molecule has 17 heteroatoms. The number of alkyl halides is 5. The largest absolute Gasteiger partial charge is 0.471 e. The summed E-state index contributed by atoms with van der Waals surface area (Å²) in [5.74, 6) is -10.5. The third-order valence-electron chi connectivity index (χ3n) is 6.02. The van der Waals surface area contributed by atoms with Gasteiger partial charge in [-0.2, -0.15) is 13.2 Å². The van der Waals surface area contributed by atoms with Crippen LogP contribution in [-0.2, 0) is 9.59 Å². The summed E-state index contributed by atoms with van der Waals surface area (Å²) in [7, 11) is 0. The van der Waals surface area contributed by atoms with Crippen molar-refractivity contribution in [1.29, 1.82) is 0 Å². The molecule has 3 aromatic rings. The van der Waals surface area contributed by atoms with Crippen molar-refractivity contribution in [3.63, 3.8) is 0 Å². The highest BCUT2D eigenvalue weighted by Gasteiger charge is 2.67. The fourth-order valence-corrected chi connectivity index (χ4v) is 5.49. The van der Waals surface area contributed by atoms with Gasteiger partial charge in [0, 0.05) is 11.6 Å². The molecule has 6 nitrogen and oxygen atoms in total. The molecule has 42 heavy (non-hydrogen) atoms. The van der Waals surface area contributed by atoms with Crippen LogP contribution in [0.4, 0.5) is 43.4 Å². The summed E-state index contributed by atoms with van der Waals surface area (Å²) in [4.78, 5) is 37.0. The van der Waals surface area contributed by atoms with E-state index in [1.54, 1.807) is 0 Å². The lowest BCUT2D eigenvalue weighted by Crippen LogP contribution is -2.31. The first kappa shape index (κ1) is 32.0. The van der Waals surface area contributed by atoms with Crippen LogP contribution in [0.1, 0.15) is 21.8 Å². The van der Waals surface area contributed by atoms with Gasteiger partial charge in [0.1, 0.15) is 15.8 Å². The highest BCUT2D eigenvalue weighted by molar-refractivity contribution is 6.53. The van der Waals surface area contributed by atoms with Crippen LogP contribution in [0.25, 0.3) is 0 Å². The second-order valence-electron chi connectivity index (χ2n) is 8.80. The van der Waals surface area contributed by atoms with Gasteiger partial charge in [-0.1, -0.05) is 34.8 Å². The second kappa shape index (κ2) is 11.6. The van der Waals surface area contributed by atoms with E-state index in [0.29, 0.717) is 17.7 Å². The maximum atomic E-state index is 14.7. The zero-order valence-corrected chi connectivity index (χ0v) is 23.9. The molecule has 0 heterocycles. The Balaban J connectivity index is 1.53. The van der Waals surface area contributed by atoms with Crippen LogP contribution in [0, 0.1) is 23.4 Å². The molecule has 0 aliphatic heterocycles. The Labute approximate surface area is 257 Å². The minimum atomic E-state index is -5.44. The lowest BCUT2D eigenvalue weighted by Gasteiger charge is -2.14. The number of halogens is 11. The maximum absolute atomic E-state index is 14.7. The number of benzene rings is 3. The molecule has 0 spiro atoms. The number of rotatable bonds is 6. The summed E-state index contributed by atoms with van der Waals surface area (Å²) in [5, 5.41) is 4.75. The van der Waals surface area contributed by atoms with Gasteiger partial charge in [-0.05, 0) is 48.0 Å². The summed E-state index contributed by atoms with van der Waals surface area (Å²) < 4.78 is 78.5. The third-order valence-corrected chi connectivity index (χ3v) is 7.84. The lowest BCUT2D eigenvalue weighted by molar-refractivity contribution is -0.167. The molecular formula is C25H12Cl5F6N3O3. The Morgan fingerprint density at radius 3 is 2.00 bits per heavy atom. The first-order chi connectivity index (χ1) is 19.4. The predicted molar refractivity (Wildman–Crippen MR) is 146 cm³/mol. The van der Waals surface area contributed by atoms with Gasteiger partial charge in [0.2, 0.25) is 5.91 Å². The summed E-state index contributed by atoms with van der Waals surface area (Å²) in [6.45, 7) is 0. The first-order valence-corrected chi connectivity index (χ1v) is 13.1. The fourth-order valence-electron chi connectivity index (χ4n) is 3.96. The molecule has 1 saturated carbocycles. The molecular weight excluding hydrogens is 682 g/mol. The summed E-state index contributed by atoms with van der Waals surface area (Å²) in [6, 6.07) is 7.23. The SMILES string of the molecule is O=C(Nc1ccc(F)c(NC(=O)C(F)(F)F)c1F)c1cc(NC(=O)C2C(c3cc(Cl)c(F)c(Cl)c3)C2(Cl)Cl)ccc1Cl. The van der Waals surface area contributed by atoms with Gasteiger partial charge in [0.05, 0.1) is 32.2 Å². The van der Waals surface area contributed by atoms with Gasteiger partial charge in [0.15, 0.2) is 11.6 Å². The highest BCUT2D eigenvalue weighted by Crippen LogP contribution is 2.65. The molecule has 222 valence electrons. The molecule has 1 aliphatic carbocycles. The van der Waals surface area contributed by atoms with Crippen LogP contribution in [0.15, 0.2) is 42.5 Å². The van der Waals surface area contributed by atoms with E-state index in [2.05, 4.69) is 5.32 Å². The summed E-state index contributed by atoms with van der Waals surface area (Å²) >= 11 is 30.3. The zero-order valence-electron chi connectivity index (χ0n) is 20.1. The molecule has 4 rings (SSSR count). The van der Waals surface area contributed by atoms with Crippen LogP contribution < -0.4 is 16.0 Å². The van der Waals surface area contributed by atoms with Gasteiger partial charge in [0.25, 0.3) is 5.91 Å². The monoisotopic (exact) mass is 691 g/mol. The number of hydrogen-bond acceptors (Lipinski definition) is 3. The van der Waals surface area contributed by atoms with Gasteiger partial charge in [-0.15, -0.1) is 23.2 Å². The van der Waals surface area contributed by atoms with Crippen molar-refractivity contribution < 1.29 is 40.7 Å². The number of carbonyl (C=O) groups excluding carboxylic acids is 3. The van der Waals surface area contributed by atoms with Crippen LogP contribution in [0.2, 0.25) is 15.1 Å². The molecule has 1 aliphatic rings. The van der Waals surface area contributed by atoms with E-state index >= 15 is 0 Å². The molecule has 0 bridgehead atoms. The molecule has 0 aromatic heterocycles. The topological polar surface area (TPSA) is 87.3 Å². The molecule has 3 amide bonds. The zero-order chi connectivity index (χ0) is 31.3. The Morgan fingerprint density at radius 2 is 1.40 bits per heavy atom. The molecule has 3 aromatic carbocycles. The van der Waals surface area contributed by atoms with Crippen molar-refractivity contribution in [2.75, 3.05) is 16.0 Å². The van der Waals surface area contributed by atoms with Crippen LogP contribution >= 0.6 is 58.0 Å². The number of amides is 3. The third kappa shape index (κ3) is 6.37. The average Bonchev–Trinajstić information content (AvgIpc) is 3.48. The normalized spacial score (nSPS) is 17.4. The minimum absolute atomic E-state index is 0.00258. The van der Waals surface area contributed by atoms with E-state index in [1.807, 2.05) is 5.32 Å². The molecule has 2 atom stereocenters. The van der Waals surface area contributed by atoms with Crippen LogP contribution in [-0.4, -0.2) is 28.2 Å². The van der Waals surface area contributed by atoms with Gasteiger partial charge < -0.3 is 16.0 Å². The van der Waals surface area contributed by atoms with E-state index in [-0.39, 0.29) is 26.3 Å². The maximum Gasteiger partial charge on any atom is 0.471 e. The number of nitrogens with one attached hydrogen (secondary N) is 3. The number of carbonyl (C=O) groups is 3. The second-order valence-corrected chi connectivity index (χ2v) is 11.5. The van der Waals surface area contributed by atoms with Crippen molar-refractivity contribution in [2.45, 2.75) is 16.4 Å². The fraction of sp³-hybridized carbons (Fsp3) is 0.160. The Morgan fingerprint density at radius 1 is 0.786 bits per heavy atom. The molecule has 0 radical (unpaired) electrons.